The summed E-state index contributed by atoms with van der Waals surface area (Å²) < 4.78 is 31.0. The highest BCUT2D eigenvalue weighted by molar-refractivity contribution is 7.89. The minimum Gasteiger partial charge on any atom is -0.449 e. The first-order chi connectivity index (χ1) is 10.3. The van der Waals surface area contributed by atoms with Crippen LogP contribution in [-0.4, -0.2) is 32.0 Å². The molecule has 22 heavy (non-hydrogen) atoms. The second-order valence-corrected chi connectivity index (χ2v) is 7.22. The van der Waals surface area contributed by atoms with Gasteiger partial charge in [-0.3, -0.25) is 0 Å². The summed E-state index contributed by atoms with van der Waals surface area (Å²) >= 11 is 0. The third kappa shape index (κ3) is 4.47. The Balaban J connectivity index is 3.11. The van der Waals surface area contributed by atoms with Gasteiger partial charge in [0.2, 0.25) is 0 Å². The number of rotatable bonds is 7. The van der Waals surface area contributed by atoms with E-state index in [4.69, 9.17) is 4.74 Å². The molecule has 0 N–H and O–H groups in total. The van der Waals surface area contributed by atoms with Crippen LogP contribution in [0.5, 0.6) is 0 Å². The molecule has 0 bridgehead atoms. The summed E-state index contributed by atoms with van der Waals surface area (Å²) in [5, 5.41) is 0. The summed E-state index contributed by atoms with van der Waals surface area (Å²) in [4.78, 5) is 12.1. The van der Waals surface area contributed by atoms with Crippen LogP contribution in [0.4, 0.5) is 4.79 Å². The van der Waals surface area contributed by atoms with Gasteiger partial charge in [0.05, 0.1) is 11.5 Å². The molecule has 0 saturated carbocycles. The molecule has 0 unspecified atom stereocenters. The van der Waals surface area contributed by atoms with Crippen molar-refractivity contribution in [2.75, 3.05) is 13.2 Å². The number of nitrogens with zero attached hydrogens (tertiary/aromatic N) is 1. The van der Waals surface area contributed by atoms with Crippen molar-refractivity contribution in [1.29, 1.82) is 0 Å². The van der Waals surface area contributed by atoms with Crippen LogP contribution in [0.25, 0.3) is 0 Å². The van der Waals surface area contributed by atoms with Crippen molar-refractivity contribution in [3.63, 3.8) is 0 Å². The number of unbranched alkanes of at least 4 members (excludes halogenated alkanes) is 1. The number of ether oxygens (including phenoxy) is 1. The molecule has 0 aliphatic rings. The molecule has 0 fully saturated rings. The molecule has 0 radical (unpaired) electrons. The highest BCUT2D eigenvalue weighted by Crippen LogP contribution is 2.21. The molecule has 0 spiro atoms. The number of carbonyl (C=O) groups excluding carboxylic acids is 1. The van der Waals surface area contributed by atoms with Crippen molar-refractivity contribution in [3.05, 3.63) is 29.8 Å². The number of sulfonamides is 1. The molecule has 0 aliphatic heterocycles. The Kier molecular flexibility index (Phi) is 6.87. The Morgan fingerprint density at radius 3 is 2.23 bits per heavy atom. The summed E-state index contributed by atoms with van der Waals surface area (Å²) in [6.45, 7) is 7.94. The quantitative estimate of drug-likeness (QED) is 0.765. The van der Waals surface area contributed by atoms with Crippen LogP contribution >= 0.6 is 0 Å². The van der Waals surface area contributed by atoms with E-state index < -0.39 is 16.1 Å². The smallest absolute Gasteiger partial charge is 0.423 e. The maximum absolute atomic E-state index is 12.7. The first-order valence-electron chi connectivity index (χ1n) is 7.64. The second-order valence-electron chi connectivity index (χ2n) is 5.35. The molecule has 1 rings (SSSR count). The fourth-order valence-electron chi connectivity index (χ4n) is 1.96. The monoisotopic (exact) mass is 327 g/mol. The molecule has 1 aromatic rings. The van der Waals surface area contributed by atoms with E-state index in [0.717, 1.165) is 16.3 Å². The van der Waals surface area contributed by atoms with E-state index in [1.165, 1.54) is 0 Å². The number of hydrogen-bond acceptors (Lipinski definition) is 4. The van der Waals surface area contributed by atoms with Gasteiger partial charge in [0, 0.05) is 6.54 Å². The first-order valence-corrected chi connectivity index (χ1v) is 9.08. The molecule has 6 heteroatoms. The SMILES string of the molecule is CCCCN(C(=O)OCC)S(=O)(=O)c1ccc(C(C)C)cc1. The molecular weight excluding hydrogens is 302 g/mol. The molecule has 0 heterocycles. The summed E-state index contributed by atoms with van der Waals surface area (Å²) in [7, 11) is -3.88. The molecular formula is C16H25NO4S. The van der Waals surface area contributed by atoms with Gasteiger partial charge in [0.15, 0.2) is 0 Å². The van der Waals surface area contributed by atoms with E-state index in [2.05, 4.69) is 0 Å². The Bertz CT molecular complexity index is 579. The van der Waals surface area contributed by atoms with Crippen LogP contribution < -0.4 is 0 Å². The molecule has 1 aromatic carbocycles. The lowest BCUT2D eigenvalue weighted by atomic mass is 10.0. The van der Waals surface area contributed by atoms with E-state index in [1.54, 1.807) is 31.2 Å². The van der Waals surface area contributed by atoms with Crippen molar-refractivity contribution in [2.24, 2.45) is 0 Å². The van der Waals surface area contributed by atoms with E-state index in [9.17, 15) is 13.2 Å². The zero-order valence-corrected chi connectivity index (χ0v) is 14.5. The average molecular weight is 327 g/mol. The van der Waals surface area contributed by atoms with Gasteiger partial charge in [0.25, 0.3) is 10.0 Å². The fraction of sp³-hybridized carbons (Fsp3) is 0.562. The maximum atomic E-state index is 12.7. The zero-order valence-electron chi connectivity index (χ0n) is 13.7. The highest BCUT2D eigenvalue weighted by Gasteiger charge is 2.29. The predicted molar refractivity (Wildman–Crippen MR) is 86.4 cm³/mol. The summed E-state index contributed by atoms with van der Waals surface area (Å²) in [6.07, 6.45) is 0.573. The summed E-state index contributed by atoms with van der Waals surface area (Å²) in [6, 6.07) is 6.65. The third-order valence-electron chi connectivity index (χ3n) is 3.32. The van der Waals surface area contributed by atoms with E-state index in [0.29, 0.717) is 12.3 Å². The van der Waals surface area contributed by atoms with Gasteiger partial charge in [0.1, 0.15) is 0 Å². The van der Waals surface area contributed by atoms with Crippen molar-refractivity contribution in [1.82, 2.24) is 4.31 Å². The lowest BCUT2D eigenvalue weighted by molar-refractivity contribution is 0.130. The number of benzene rings is 1. The van der Waals surface area contributed by atoms with Gasteiger partial charge < -0.3 is 4.74 Å². The zero-order chi connectivity index (χ0) is 16.8. The van der Waals surface area contributed by atoms with E-state index >= 15 is 0 Å². The first kappa shape index (κ1) is 18.5. The summed E-state index contributed by atoms with van der Waals surface area (Å²) in [5.41, 5.74) is 1.05. The molecule has 0 atom stereocenters. The molecule has 0 saturated heterocycles. The van der Waals surface area contributed by atoms with Gasteiger partial charge in [-0.15, -0.1) is 0 Å². The number of carbonyl (C=O) groups is 1. The Hall–Kier alpha value is -1.56. The standard InChI is InChI=1S/C16H25NO4S/c1-5-7-12-17(16(18)21-6-2)22(19,20)15-10-8-14(9-11-15)13(3)4/h8-11,13H,5-7,12H2,1-4H3. The maximum Gasteiger partial charge on any atom is 0.423 e. The molecule has 5 nitrogen and oxygen atoms in total. The molecule has 124 valence electrons. The lowest BCUT2D eigenvalue weighted by Crippen LogP contribution is -2.38. The third-order valence-corrected chi connectivity index (χ3v) is 5.10. The van der Waals surface area contributed by atoms with Gasteiger partial charge in [-0.1, -0.05) is 39.3 Å². The van der Waals surface area contributed by atoms with Crippen LogP contribution in [0.2, 0.25) is 0 Å². The Labute approximate surface area is 133 Å². The van der Waals surface area contributed by atoms with Crippen LogP contribution in [0.15, 0.2) is 29.2 Å². The number of amides is 1. The van der Waals surface area contributed by atoms with Crippen molar-refractivity contribution in [2.45, 2.75) is 51.3 Å². The summed E-state index contributed by atoms with van der Waals surface area (Å²) in [5.74, 6) is 0.318. The number of hydrogen-bond donors (Lipinski definition) is 0. The molecule has 0 aliphatic carbocycles. The Morgan fingerprint density at radius 1 is 1.18 bits per heavy atom. The van der Waals surface area contributed by atoms with Gasteiger partial charge >= 0.3 is 6.09 Å². The minimum absolute atomic E-state index is 0.112. The minimum atomic E-state index is -3.88. The van der Waals surface area contributed by atoms with E-state index in [-0.39, 0.29) is 18.0 Å². The Morgan fingerprint density at radius 2 is 1.77 bits per heavy atom. The topological polar surface area (TPSA) is 63.7 Å². The van der Waals surface area contributed by atoms with Crippen molar-refractivity contribution in [3.8, 4) is 0 Å². The second kappa shape index (κ2) is 8.17. The highest BCUT2D eigenvalue weighted by atomic mass is 32.2. The molecule has 0 aromatic heterocycles. The largest absolute Gasteiger partial charge is 0.449 e. The average Bonchev–Trinajstić information content (AvgIpc) is 2.47. The van der Waals surface area contributed by atoms with Gasteiger partial charge in [-0.05, 0) is 37.0 Å². The molecule has 1 amide bonds. The van der Waals surface area contributed by atoms with Crippen LogP contribution in [0.3, 0.4) is 0 Å². The fourth-order valence-corrected chi connectivity index (χ4v) is 3.31. The normalized spacial score (nSPS) is 11.5. The van der Waals surface area contributed by atoms with Crippen LogP contribution in [0, 0.1) is 0 Å². The van der Waals surface area contributed by atoms with E-state index in [1.807, 2.05) is 20.8 Å². The van der Waals surface area contributed by atoms with Crippen LogP contribution in [0.1, 0.15) is 52.0 Å². The predicted octanol–water partition coefficient (Wildman–Crippen LogP) is 3.76. The van der Waals surface area contributed by atoms with Crippen molar-refractivity contribution >= 4 is 16.1 Å². The van der Waals surface area contributed by atoms with Crippen LogP contribution in [-0.2, 0) is 14.8 Å². The lowest BCUT2D eigenvalue weighted by Gasteiger charge is -2.21. The van der Waals surface area contributed by atoms with Crippen molar-refractivity contribution < 1.29 is 17.9 Å². The van der Waals surface area contributed by atoms with Gasteiger partial charge in [-0.2, -0.15) is 0 Å². The van der Waals surface area contributed by atoms with Gasteiger partial charge in [-0.25, -0.2) is 17.5 Å².